The van der Waals surface area contributed by atoms with E-state index < -0.39 is 0 Å². The Bertz CT molecular complexity index is 822. The zero-order chi connectivity index (χ0) is 16.2. The van der Waals surface area contributed by atoms with Gasteiger partial charge >= 0.3 is 0 Å². The standard InChI is InChI=1S/C22H23N/c1-21(2)18-13-9-8-12-16(18)20-19(22(21,3)4)17(14-23-20)15-10-6-5-7-11-15/h5-14,20H,1-4H3. The van der Waals surface area contributed by atoms with E-state index in [0.29, 0.717) is 0 Å². The molecule has 23 heavy (non-hydrogen) atoms. The van der Waals surface area contributed by atoms with Crippen molar-refractivity contribution in [1.82, 2.24) is 0 Å². The van der Waals surface area contributed by atoms with Crippen molar-refractivity contribution >= 4 is 11.8 Å². The van der Waals surface area contributed by atoms with E-state index in [-0.39, 0.29) is 16.9 Å². The van der Waals surface area contributed by atoms with Gasteiger partial charge in [0.25, 0.3) is 0 Å². The molecule has 116 valence electrons. The Balaban J connectivity index is 2.03. The predicted molar refractivity (Wildman–Crippen MR) is 97.8 cm³/mol. The third-order valence-electron chi connectivity index (χ3n) is 6.17. The van der Waals surface area contributed by atoms with E-state index in [1.165, 1.54) is 27.8 Å². The first kappa shape index (κ1) is 14.4. The molecule has 0 bridgehead atoms. The minimum absolute atomic E-state index is 0.0493. The molecular formula is C22H23N. The number of fused-ring (bicyclic) bond motifs is 3. The van der Waals surface area contributed by atoms with E-state index in [1.54, 1.807) is 0 Å². The molecule has 1 nitrogen and oxygen atoms in total. The number of hydrogen-bond acceptors (Lipinski definition) is 1. The Morgan fingerprint density at radius 1 is 0.783 bits per heavy atom. The lowest BCUT2D eigenvalue weighted by atomic mass is 9.53. The van der Waals surface area contributed by atoms with Crippen LogP contribution in [0.1, 0.15) is 50.4 Å². The van der Waals surface area contributed by atoms with E-state index in [9.17, 15) is 0 Å². The summed E-state index contributed by atoms with van der Waals surface area (Å²) in [7, 11) is 0. The normalized spacial score (nSPS) is 23.6. The zero-order valence-corrected chi connectivity index (χ0v) is 14.3. The first-order valence-electron chi connectivity index (χ1n) is 8.37. The molecule has 4 rings (SSSR count). The number of aliphatic imine (C=N–C) groups is 1. The van der Waals surface area contributed by atoms with Gasteiger partial charge in [0.15, 0.2) is 0 Å². The lowest BCUT2D eigenvalue weighted by molar-refractivity contribution is 0.223. The van der Waals surface area contributed by atoms with Crippen molar-refractivity contribution in [3.63, 3.8) is 0 Å². The molecule has 1 unspecified atom stereocenters. The largest absolute Gasteiger partial charge is 0.280 e. The van der Waals surface area contributed by atoms with Crippen LogP contribution in [0, 0.1) is 5.41 Å². The quantitative estimate of drug-likeness (QED) is 0.651. The molecule has 1 heterocycles. The lowest BCUT2D eigenvalue weighted by Gasteiger charge is -2.50. The second-order valence-corrected chi connectivity index (χ2v) is 7.71. The van der Waals surface area contributed by atoms with Crippen LogP contribution in [0.3, 0.4) is 0 Å². The van der Waals surface area contributed by atoms with Gasteiger partial charge in [-0.25, -0.2) is 0 Å². The maximum Gasteiger partial charge on any atom is 0.0977 e. The topological polar surface area (TPSA) is 12.4 Å². The van der Waals surface area contributed by atoms with Crippen LogP contribution in [0.25, 0.3) is 5.57 Å². The highest BCUT2D eigenvalue weighted by molar-refractivity contribution is 6.14. The van der Waals surface area contributed by atoms with Crippen LogP contribution in [0.15, 0.2) is 65.2 Å². The molecular weight excluding hydrogens is 278 g/mol. The monoisotopic (exact) mass is 301 g/mol. The Morgan fingerprint density at radius 2 is 1.43 bits per heavy atom. The highest BCUT2D eigenvalue weighted by Crippen LogP contribution is 2.60. The number of benzene rings is 2. The Morgan fingerprint density at radius 3 is 2.17 bits per heavy atom. The summed E-state index contributed by atoms with van der Waals surface area (Å²) in [4.78, 5) is 4.92. The van der Waals surface area contributed by atoms with Gasteiger partial charge in [0.05, 0.1) is 6.04 Å². The summed E-state index contributed by atoms with van der Waals surface area (Å²) < 4.78 is 0. The molecule has 1 aliphatic heterocycles. The highest BCUT2D eigenvalue weighted by Gasteiger charge is 2.51. The van der Waals surface area contributed by atoms with Crippen LogP contribution in [0.2, 0.25) is 0 Å². The molecule has 0 radical (unpaired) electrons. The van der Waals surface area contributed by atoms with Gasteiger partial charge in [0.1, 0.15) is 0 Å². The van der Waals surface area contributed by atoms with Gasteiger partial charge in [-0.15, -0.1) is 0 Å². The molecule has 1 atom stereocenters. The fourth-order valence-electron chi connectivity index (χ4n) is 4.18. The van der Waals surface area contributed by atoms with Crippen LogP contribution < -0.4 is 0 Å². The average Bonchev–Trinajstić information content (AvgIpc) is 3.00. The van der Waals surface area contributed by atoms with Gasteiger partial charge < -0.3 is 0 Å². The zero-order valence-electron chi connectivity index (χ0n) is 14.3. The van der Waals surface area contributed by atoms with Crippen LogP contribution in [0.4, 0.5) is 0 Å². The fraction of sp³-hybridized carbons (Fsp3) is 0.318. The summed E-state index contributed by atoms with van der Waals surface area (Å²) in [6.45, 7) is 9.50. The van der Waals surface area contributed by atoms with Crippen molar-refractivity contribution in [2.24, 2.45) is 10.4 Å². The molecule has 1 heteroatoms. The van der Waals surface area contributed by atoms with Crippen molar-refractivity contribution in [2.45, 2.75) is 39.2 Å². The molecule has 2 aromatic carbocycles. The summed E-state index contributed by atoms with van der Waals surface area (Å²) in [5.74, 6) is 0. The van der Waals surface area contributed by atoms with Crippen molar-refractivity contribution < 1.29 is 0 Å². The van der Waals surface area contributed by atoms with E-state index in [4.69, 9.17) is 4.99 Å². The first-order chi connectivity index (χ1) is 10.9. The number of hydrogen-bond donors (Lipinski definition) is 0. The number of allylic oxidation sites excluding steroid dienone is 1. The molecule has 0 saturated heterocycles. The molecule has 0 spiro atoms. The van der Waals surface area contributed by atoms with Crippen molar-refractivity contribution in [2.75, 3.05) is 0 Å². The van der Waals surface area contributed by atoms with E-state index >= 15 is 0 Å². The third-order valence-corrected chi connectivity index (χ3v) is 6.17. The van der Waals surface area contributed by atoms with Crippen molar-refractivity contribution in [3.05, 3.63) is 76.9 Å². The van der Waals surface area contributed by atoms with E-state index in [1.807, 2.05) is 0 Å². The average molecular weight is 301 g/mol. The Hall–Kier alpha value is -2.15. The molecule has 0 aromatic heterocycles. The Kier molecular flexibility index (Phi) is 2.93. The van der Waals surface area contributed by atoms with Crippen LogP contribution >= 0.6 is 0 Å². The van der Waals surface area contributed by atoms with E-state index in [2.05, 4.69) is 88.5 Å². The summed E-state index contributed by atoms with van der Waals surface area (Å²) in [5.41, 5.74) is 6.98. The molecule has 1 aliphatic carbocycles. The molecule has 0 saturated carbocycles. The van der Waals surface area contributed by atoms with Crippen molar-refractivity contribution in [1.29, 1.82) is 0 Å². The first-order valence-corrected chi connectivity index (χ1v) is 8.37. The number of nitrogens with zero attached hydrogens (tertiary/aromatic N) is 1. The summed E-state index contributed by atoms with van der Waals surface area (Å²) in [6, 6.07) is 19.7. The van der Waals surface area contributed by atoms with Crippen LogP contribution in [0.5, 0.6) is 0 Å². The van der Waals surface area contributed by atoms with Crippen LogP contribution in [-0.4, -0.2) is 6.21 Å². The summed E-state index contributed by atoms with van der Waals surface area (Å²) >= 11 is 0. The molecule has 0 fully saturated rings. The van der Waals surface area contributed by atoms with Gasteiger partial charge in [0, 0.05) is 11.8 Å². The predicted octanol–water partition coefficient (Wildman–Crippen LogP) is 5.58. The Labute approximate surface area is 138 Å². The number of rotatable bonds is 1. The van der Waals surface area contributed by atoms with Crippen molar-refractivity contribution in [3.8, 4) is 0 Å². The molecule has 0 N–H and O–H groups in total. The van der Waals surface area contributed by atoms with Gasteiger partial charge in [-0.05, 0) is 33.1 Å². The SMILES string of the molecule is CC1(C)C2=C(c3ccccc3)C=NC2c2ccccc2C1(C)C. The van der Waals surface area contributed by atoms with Gasteiger partial charge in [-0.2, -0.15) is 0 Å². The maximum atomic E-state index is 4.92. The second kappa shape index (κ2) is 4.67. The summed E-state index contributed by atoms with van der Waals surface area (Å²) in [6.07, 6.45) is 2.09. The highest BCUT2D eigenvalue weighted by atomic mass is 14.8. The van der Waals surface area contributed by atoms with E-state index in [0.717, 1.165) is 0 Å². The summed E-state index contributed by atoms with van der Waals surface area (Å²) in [5, 5.41) is 0. The molecule has 2 aromatic rings. The van der Waals surface area contributed by atoms with Gasteiger partial charge in [0.2, 0.25) is 0 Å². The van der Waals surface area contributed by atoms with Gasteiger partial charge in [-0.3, -0.25) is 4.99 Å². The fourth-order valence-corrected chi connectivity index (χ4v) is 4.18. The second-order valence-electron chi connectivity index (χ2n) is 7.71. The molecule has 0 amide bonds. The van der Waals surface area contributed by atoms with Gasteiger partial charge in [-0.1, -0.05) is 82.3 Å². The minimum atomic E-state index is 0.0493. The lowest BCUT2D eigenvalue weighted by Crippen LogP contribution is -2.43. The third kappa shape index (κ3) is 1.83. The van der Waals surface area contributed by atoms with Crippen LogP contribution in [-0.2, 0) is 5.41 Å². The molecule has 2 aliphatic rings. The maximum absolute atomic E-state index is 4.92. The smallest absolute Gasteiger partial charge is 0.0977 e. The minimum Gasteiger partial charge on any atom is -0.280 e.